The molecule has 56 valence electrons. The van der Waals surface area contributed by atoms with E-state index in [-0.39, 0.29) is 0 Å². The van der Waals surface area contributed by atoms with Gasteiger partial charge < -0.3 is 4.90 Å². The van der Waals surface area contributed by atoms with Crippen molar-refractivity contribution in [2.24, 2.45) is 0 Å². The molecule has 0 N–H and O–H groups in total. The predicted molar refractivity (Wildman–Crippen MR) is 44.7 cm³/mol. The summed E-state index contributed by atoms with van der Waals surface area (Å²) in [6, 6.07) is 0. The zero-order chi connectivity index (χ0) is 7.28. The summed E-state index contributed by atoms with van der Waals surface area (Å²) in [6.45, 7) is 2.27. The lowest BCUT2D eigenvalue weighted by atomic mass is 10.6. The number of likely N-dealkylation sites (N-methyl/N-ethyl adjacent to an activating group) is 2. The van der Waals surface area contributed by atoms with Gasteiger partial charge in [-0.2, -0.15) is 0 Å². The summed E-state index contributed by atoms with van der Waals surface area (Å²) >= 11 is 1.77. The molecule has 0 aromatic carbocycles. The molecule has 0 rings (SSSR count). The topological polar surface area (TPSA) is 6.48 Å². The van der Waals surface area contributed by atoms with Crippen LogP contribution < -0.4 is 0 Å². The van der Waals surface area contributed by atoms with Crippen molar-refractivity contribution in [3.63, 3.8) is 0 Å². The molecule has 3 heteroatoms. The van der Waals surface area contributed by atoms with Crippen molar-refractivity contribution < 1.29 is 0 Å². The van der Waals surface area contributed by atoms with E-state index in [2.05, 4.69) is 36.6 Å². The van der Waals surface area contributed by atoms with Crippen molar-refractivity contribution >= 4 is 11.9 Å². The summed E-state index contributed by atoms with van der Waals surface area (Å²) in [5.74, 6) is 0. The average Bonchev–Trinajstić information content (AvgIpc) is 1.83. The molecule has 0 heterocycles. The van der Waals surface area contributed by atoms with Gasteiger partial charge in [-0.1, -0.05) is 11.9 Å². The third-order valence-electron chi connectivity index (χ3n) is 1.17. The van der Waals surface area contributed by atoms with Crippen molar-refractivity contribution in [1.82, 2.24) is 9.21 Å². The molecule has 0 aliphatic carbocycles. The van der Waals surface area contributed by atoms with Gasteiger partial charge in [-0.05, 0) is 27.4 Å². The second kappa shape index (κ2) is 5.09. The van der Waals surface area contributed by atoms with Crippen LogP contribution in [0.1, 0.15) is 0 Å². The summed E-state index contributed by atoms with van der Waals surface area (Å²) in [4.78, 5) is 2.19. The molecule has 0 aromatic rings. The highest BCUT2D eigenvalue weighted by atomic mass is 32.2. The van der Waals surface area contributed by atoms with Gasteiger partial charge in [0.2, 0.25) is 0 Å². The number of hydrogen-bond acceptors (Lipinski definition) is 3. The quantitative estimate of drug-likeness (QED) is 0.543. The minimum atomic E-state index is 1.13. The van der Waals surface area contributed by atoms with Gasteiger partial charge in [0.05, 0.1) is 0 Å². The van der Waals surface area contributed by atoms with Gasteiger partial charge in [-0.25, -0.2) is 0 Å². The Balaban J connectivity index is 3.06. The standard InChI is InChI=1S/C6H16N2S/c1-7(2)5-6-8(3)9-4/h5-6H2,1-4H3. The van der Waals surface area contributed by atoms with E-state index < -0.39 is 0 Å². The Morgan fingerprint density at radius 1 is 1.11 bits per heavy atom. The van der Waals surface area contributed by atoms with Gasteiger partial charge in [-0.3, -0.25) is 4.31 Å². The maximum Gasteiger partial charge on any atom is 0.0214 e. The highest BCUT2D eigenvalue weighted by molar-refractivity contribution is 7.96. The van der Waals surface area contributed by atoms with Crippen LogP contribution in [-0.2, 0) is 0 Å². The van der Waals surface area contributed by atoms with Crippen LogP contribution in [0.15, 0.2) is 0 Å². The summed E-state index contributed by atoms with van der Waals surface area (Å²) in [5, 5.41) is 0. The largest absolute Gasteiger partial charge is 0.308 e. The lowest BCUT2D eigenvalue weighted by molar-refractivity contribution is 0.373. The molecule has 0 amide bonds. The van der Waals surface area contributed by atoms with Gasteiger partial charge in [0.1, 0.15) is 0 Å². The summed E-state index contributed by atoms with van der Waals surface area (Å²) in [7, 11) is 6.29. The molecule has 0 radical (unpaired) electrons. The van der Waals surface area contributed by atoms with E-state index in [1.807, 2.05) is 0 Å². The minimum Gasteiger partial charge on any atom is -0.308 e. The molecule has 0 bridgehead atoms. The first-order valence-corrected chi connectivity index (χ1v) is 4.25. The monoisotopic (exact) mass is 148 g/mol. The van der Waals surface area contributed by atoms with E-state index in [1.54, 1.807) is 11.9 Å². The second-order valence-corrected chi connectivity index (χ2v) is 3.33. The molecule has 0 spiro atoms. The van der Waals surface area contributed by atoms with Crippen molar-refractivity contribution in [1.29, 1.82) is 0 Å². The van der Waals surface area contributed by atoms with Crippen LogP contribution in [0.5, 0.6) is 0 Å². The van der Waals surface area contributed by atoms with Crippen molar-refractivity contribution in [3.8, 4) is 0 Å². The molecule has 2 nitrogen and oxygen atoms in total. The average molecular weight is 148 g/mol. The van der Waals surface area contributed by atoms with Gasteiger partial charge in [-0.15, -0.1) is 0 Å². The fourth-order valence-electron chi connectivity index (χ4n) is 0.432. The lowest BCUT2D eigenvalue weighted by Gasteiger charge is -2.15. The zero-order valence-corrected chi connectivity index (χ0v) is 7.53. The van der Waals surface area contributed by atoms with E-state index in [9.17, 15) is 0 Å². The van der Waals surface area contributed by atoms with Crippen LogP contribution in [0.3, 0.4) is 0 Å². The predicted octanol–water partition coefficient (Wildman–Crippen LogP) is 0.758. The van der Waals surface area contributed by atoms with Crippen LogP contribution in [0.2, 0.25) is 0 Å². The van der Waals surface area contributed by atoms with Crippen LogP contribution in [0, 0.1) is 0 Å². The third-order valence-corrected chi connectivity index (χ3v) is 1.98. The molecule has 0 aromatic heterocycles. The summed E-state index contributed by atoms with van der Waals surface area (Å²) in [6.07, 6.45) is 2.09. The normalized spacial score (nSPS) is 11.3. The second-order valence-electron chi connectivity index (χ2n) is 2.34. The minimum absolute atomic E-state index is 1.13. The van der Waals surface area contributed by atoms with E-state index in [0.717, 1.165) is 13.1 Å². The lowest BCUT2D eigenvalue weighted by Crippen LogP contribution is -2.24. The van der Waals surface area contributed by atoms with E-state index >= 15 is 0 Å². The maximum atomic E-state index is 2.22. The highest BCUT2D eigenvalue weighted by Gasteiger charge is 1.94. The number of hydrogen-bond donors (Lipinski definition) is 0. The number of nitrogens with zero attached hydrogens (tertiary/aromatic N) is 2. The van der Waals surface area contributed by atoms with Gasteiger partial charge in [0, 0.05) is 13.1 Å². The van der Waals surface area contributed by atoms with Crippen LogP contribution in [0.4, 0.5) is 0 Å². The fraction of sp³-hybridized carbons (Fsp3) is 1.00. The summed E-state index contributed by atoms with van der Waals surface area (Å²) in [5.41, 5.74) is 0. The van der Waals surface area contributed by atoms with E-state index in [4.69, 9.17) is 0 Å². The Bertz CT molecular complexity index is 66.1. The highest BCUT2D eigenvalue weighted by Crippen LogP contribution is 1.98. The van der Waals surface area contributed by atoms with Gasteiger partial charge >= 0.3 is 0 Å². The molecule has 9 heavy (non-hydrogen) atoms. The van der Waals surface area contributed by atoms with E-state index in [1.165, 1.54) is 0 Å². The molecule has 0 saturated carbocycles. The van der Waals surface area contributed by atoms with Crippen molar-refractivity contribution in [3.05, 3.63) is 0 Å². The molecule has 0 fully saturated rings. The molecular weight excluding hydrogens is 132 g/mol. The van der Waals surface area contributed by atoms with Crippen LogP contribution >= 0.6 is 11.9 Å². The Labute approximate surface area is 62.3 Å². The summed E-state index contributed by atoms with van der Waals surface area (Å²) < 4.78 is 2.22. The van der Waals surface area contributed by atoms with Gasteiger partial charge in [0.25, 0.3) is 0 Å². The Morgan fingerprint density at radius 3 is 2.00 bits per heavy atom. The Hall–Kier alpha value is 0.270. The molecule has 0 aliphatic heterocycles. The zero-order valence-electron chi connectivity index (χ0n) is 6.72. The van der Waals surface area contributed by atoms with E-state index in [0.29, 0.717) is 0 Å². The number of rotatable bonds is 4. The molecular formula is C6H16N2S. The maximum absolute atomic E-state index is 2.22. The fourth-order valence-corrected chi connectivity index (χ4v) is 0.696. The first kappa shape index (κ1) is 9.27. The SMILES string of the molecule is CSN(C)CCN(C)C. The third kappa shape index (κ3) is 6.15. The van der Waals surface area contributed by atoms with Gasteiger partial charge in [0.15, 0.2) is 0 Å². The molecule has 0 aliphatic rings. The Morgan fingerprint density at radius 2 is 1.67 bits per heavy atom. The van der Waals surface area contributed by atoms with Crippen LogP contribution in [0.25, 0.3) is 0 Å². The van der Waals surface area contributed by atoms with Crippen LogP contribution in [-0.4, -0.2) is 49.7 Å². The van der Waals surface area contributed by atoms with Crippen molar-refractivity contribution in [2.45, 2.75) is 0 Å². The first-order valence-electron chi connectivity index (χ1n) is 3.06. The molecule has 0 atom stereocenters. The smallest absolute Gasteiger partial charge is 0.0214 e. The van der Waals surface area contributed by atoms with Crippen molar-refractivity contribution in [2.75, 3.05) is 40.5 Å². The Kier molecular flexibility index (Phi) is 5.24. The molecule has 0 unspecified atom stereocenters. The molecule has 0 saturated heterocycles. The first-order chi connectivity index (χ1) is 4.16.